The highest BCUT2D eigenvalue weighted by Gasteiger charge is 2.29. The van der Waals surface area contributed by atoms with Crippen LogP contribution < -0.4 is 5.32 Å². The van der Waals surface area contributed by atoms with E-state index in [0.717, 1.165) is 17.4 Å². The van der Waals surface area contributed by atoms with E-state index in [9.17, 15) is 0 Å². The number of aromatic nitrogens is 2. The van der Waals surface area contributed by atoms with Gasteiger partial charge in [-0.2, -0.15) is 0 Å². The Balaban J connectivity index is 1.80. The molecule has 0 unspecified atom stereocenters. The molecule has 1 saturated carbocycles. The minimum absolute atomic E-state index is 0.648. The number of aryl methyl sites for hydroxylation is 1. The normalized spacial score (nSPS) is 14.2. The number of nitrogens with zero attached hydrogens (tertiary/aromatic N) is 2. The summed E-state index contributed by atoms with van der Waals surface area (Å²) in [5, 5.41) is 3.20. The SMILES string of the molecule is CNc1nc(CSc2cccc(C)c2)nc(C2CC2)c1I. The molecule has 1 N–H and O–H groups in total. The van der Waals surface area contributed by atoms with Gasteiger partial charge in [-0.25, -0.2) is 9.97 Å². The topological polar surface area (TPSA) is 37.8 Å². The molecule has 1 aromatic carbocycles. The van der Waals surface area contributed by atoms with E-state index in [1.165, 1.54) is 32.6 Å². The van der Waals surface area contributed by atoms with Crippen molar-refractivity contribution in [3.8, 4) is 0 Å². The largest absolute Gasteiger partial charge is 0.372 e. The Morgan fingerprint density at radius 3 is 2.81 bits per heavy atom. The van der Waals surface area contributed by atoms with Crippen LogP contribution in [0.4, 0.5) is 5.82 Å². The van der Waals surface area contributed by atoms with E-state index in [1.54, 1.807) is 11.8 Å². The molecule has 0 saturated heterocycles. The van der Waals surface area contributed by atoms with Gasteiger partial charge in [-0.3, -0.25) is 0 Å². The van der Waals surface area contributed by atoms with Gasteiger partial charge in [-0.1, -0.05) is 17.7 Å². The Labute approximate surface area is 143 Å². The first-order valence-electron chi connectivity index (χ1n) is 7.11. The highest BCUT2D eigenvalue weighted by Crippen LogP contribution is 2.42. The second kappa shape index (κ2) is 6.52. The first kappa shape index (κ1) is 15.1. The van der Waals surface area contributed by atoms with Crippen LogP contribution in [0.5, 0.6) is 0 Å². The van der Waals surface area contributed by atoms with Crippen LogP contribution in [0.2, 0.25) is 0 Å². The molecular formula is C16H18IN3S. The molecule has 3 rings (SSSR count). The second-order valence-electron chi connectivity index (χ2n) is 5.32. The number of thioether (sulfide) groups is 1. The minimum Gasteiger partial charge on any atom is -0.372 e. The Hall–Kier alpha value is -0.820. The number of halogens is 1. The molecule has 0 amide bonds. The summed E-state index contributed by atoms with van der Waals surface area (Å²) in [5.74, 6) is 3.35. The number of hydrogen-bond donors (Lipinski definition) is 1. The molecule has 0 aliphatic heterocycles. The van der Waals surface area contributed by atoms with Gasteiger partial charge in [0, 0.05) is 17.9 Å². The summed E-state index contributed by atoms with van der Waals surface area (Å²) in [6, 6.07) is 8.57. The van der Waals surface area contributed by atoms with Crippen molar-refractivity contribution in [1.82, 2.24) is 9.97 Å². The molecule has 1 fully saturated rings. The zero-order valence-corrected chi connectivity index (χ0v) is 15.2. The molecule has 1 heterocycles. The van der Waals surface area contributed by atoms with Gasteiger partial charge < -0.3 is 5.32 Å². The van der Waals surface area contributed by atoms with Crippen molar-refractivity contribution >= 4 is 40.2 Å². The highest BCUT2D eigenvalue weighted by atomic mass is 127. The predicted molar refractivity (Wildman–Crippen MR) is 97.0 cm³/mol. The van der Waals surface area contributed by atoms with Crippen molar-refractivity contribution in [3.05, 3.63) is 44.9 Å². The van der Waals surface area contributed by atoms with Crippen molar-refractivity contribution < 1.29 is 0 Å². The molecule has 0 spiro atoms. The summed E-state index contributed by atoms with van der Waals surface area (Å²) in [7, 11) is 1.93. The maximum atomic E-state index is 4.80. The molecule has 2 aromatic rings. The van der Waals surface area contributed by atoms with Crippen molar-refractivity contribution in [3.63, 3.8) is 0 Å². The summed E-state index contributed by atoms with van der Waals surface area (Å²) >= 11 is 4.16. The minimum atomic E-state index is 0.648. The Kier molecular flexibility index (Phi) is 4.69. The average Bonchev–Trinajstić information content (AvgIpc) is 3.31. The van der Waals surface area contributed by atoms with Gasteiger partial charge >= 0.3 is 0 Å². The molecule has 0 bridgehead atoms. The third-order valence-electron chi connectivity index (χ3n) is 3.48. The zero-order chi connectivity index (χ0) is 14.8. The van der Waals surface area contributed by atoms with Crippen molar-refractivity contribution in [2.45, 2.75) is 36.3 Å². The van der Waals surface area contributed by atoms with Gasteiger partial charge in [0.25, 0.3) is 0 Å². The highest BCUT2D eigenvalue weighted by molar-refractivity contribution is 14.1. The van der Waals surface area contributed by atoms with E-state index in [1.807, 2.05) is 7.05 Å². The van der Waals surface area contributed by atoms with Crippen LogP contribution in [0.3, 0.4) is 0 Å². The average molecular weight is 411 g/mol. The number of hydrogen-bond acceptors (Lipinski definition) is 4. The second-order valence-corrected chi connectivity index (χ2v) is 7.44. The van der Waals surface area contributed by atoms with Crippen LogP contribution >= 0.6 is 34.4 Å². The zero-order valence-electron chi connectivity index (χ0n) is 12.2. The fourth-order valence-corrected chi connectivity index (χ4v) is 4.04. The van der Waals surface area contributed by atoms with Crippen LogP contribution in [0.25, 0.3) is 0 Å². The molecule has 0 atom stereocenters. The smallest absolute Gasteiger partial charge is 0.143 e. The van der Waals surface area contributed by atoms with E-state index in [0.29, 0.717) is 5.92 Å². The quantitative estimate of drug-likeness (QED) is 0.577. The number of rotatable bonds is 5. The summed E-state index contributed by atoms with van der Waals surface area (Å²) in [5.41, 5.74) is 2.52. The molecular weight excluding hydrogens is 393 g/mol. The van der Waals surface area contributed by atoms with Gasteiger partial charge in [0.2, 0.25) is 0 Å². The lowest BCUT2D eigenvalue weighted by atomic mass is 10.2. The van der Waals surface area contributed by atoms with Gasteiger partial charge in [-0.05, 0) is 54.5 Å². The first-order valence-corrected chi connectivity index (χ1v) is 9.17. The van der Waals surface area contributed by atoms with Crippen LogP contribution in [0, 0.1) is 10.5 Å². The van der Waals surface area contributed by atoms with Crippen LogP contribution in [-0.2, 0) is 5.75 Å². The van der Waals surface area contributed by atoms with Crippen molar-refractivity contribution in [1.29, 1.82) is 0 Å². The number of benzene rings is 1. The lowest BCUT2D eigenvalue weighted by molar-refractivity contribution is 0.920. The van der Waals surface area contributed by atoms with Crippen LogP contribution in [0.1, 0.15) is 35.8 Å². The summed E-state index contributed by atoms with van der Waals surface area (Å²) in [6.07, 6.45) is 2.53. The Morgan fingerprint density at radius 2 is 2.14 bits per heavy atom. The molecule has 1 aliphatic carbocycles. The van der Waals surface area contributed by atoms with Crippen LogP contribution in [0.15, 0.2) is 29.2 Å². The van der Waals surface area contributed by atoms with Gasteiger partial charge in [-0.15, -0.1) is 11.8 Å². The van der Waals surface area contributed by atoms with E-state index < -0.39 is 0 Å². The molecule has 1 aromatic heterocycles. The third-order valence-corrected chi connectivity index (χ3v) is 5.53. The molecule has 1 aliphatic rings. The summed E-state index contributed by atoms with van der Waals surface area (Å²) in [6.45, 7) is 2.12. The third kappa shape index (κ3) is 3.69. The summed E-state index contributed by atoms with van der Waals surface area (Å²) in [4.78, 5) is 10.7. The molecule has 3 nitrogen and oxygen atoms in total. The number of anilines is 1. The van der Waals surface area contributed by atoms with Crippen molar-refractivity contribution in [2.75, 3.05) is 12.4 Å². The maximum Gasteiger partial charge on any atom is 0.143 e. The molecule has 110 valence electrons. The fourth-order valence-electron chi connectivity index (χ4n) is 2.22. The van der Waals surface area contributed by atoms with Gasteiger partial charge in [0.1, 0.15) is 11.6 Å². The molecule has 0 radical (unpaired) electrons. The van der Waals surface area contributed by atoms with Gasteiger partial charge in [0.05, 0.1) is 15.0 Å². The lowest BCUT2D eigenvalue weighted by Crippen LogP contribution is -2.06. The summed E-state index contributed by atoms with van der Waals surface area (Å²) < 4.78 is 1.18. The van der Waals surface area contributed by atoms with E-state index in [-0.39, 0.29) is 0 Å². The Morgan fingerprint density at radius 1 is 1.33 bits per heavy atom. The number of nitrogens with one attached hydrogen (secondary N) is 1. The van der Waals surface area contributed by atoms with E-state index >= 15 is 0 Å². The van der Waals surface area contributed by atoms with E-state index in [4.69, 9.17) is 4.98 Å². The van der Waals surface area contributed by atoms with Crippen molar-refractivity contribution in [2.24, 2.45) is 0 Å². The molecule has 21 heavy (non-hydrogen) atoms. The van der Waals surface area contributed by atoms with Gasteiger partial charge in [0.15, 0.2) is 0 Å². The monoisotopic (exact) mass is 411 g/mol. The standard InChI is InChI=1S/C16H18IN3S/c1-10-4-3-5-12(8-10)21-9-13-19-15(11-6-7-11)14(17)16(18-2)20-13/h3-5,8,11H,6-7,9H2,1-2H3,(H,18,19,20). The van der Waals surface area contributed by atoms with E-state index in [2.05, 4.69) is 64.1 Å². The predicted octanol–water partition coefficient (Wildman–Crippen LogP) is 4.60. The molecule has 5 heteroatoms. The van der Waals surface area contributed by atoms with Crippen LogP contribution in [-0.4, -0.2) is 17.0 Å². The fraction of sp³-hybridized carbons (Fsp3) is 0.375. The first-order chi connectivity index (χ1) is 10.2. The Bertz CT molecular complexity index is 656. The lowest BCUT2D eigenvalue weighted by Gasteiger charge is -2.10. The maximum absolute atomic E-state index is 4.80.